The number of benzene rings is 1. The smallest absolute Gasteiger partial charge is 0.218 e. The standard InChI is InChI=1S/C21H25Cl2NO3S/c1-4-19(28-15-8-6-7-14(10-15)12-22)17-11-18(25)16(21(17)26)9-13(3)24-27-20(23)5-2/h5-8,10,17,19-20,26H,2,4,9,11-12H2,1,3H3/b24-13-. The van der Waals surface area contributed by atoms with Gasteiger partial charge in [0.2, 0.25) is 5.56 Å². The van der Waals surface area contributed by atoms with Crippen molar-refractivity contribution in [2.75, 3.05) is 0 Å². The molecule has 152 valence electrons. The van der Waals surface area contributed by atoms with Gasteiger partial charge in [0, 0.05) is 40.4 Å². The van der Waals surface area contributed by atoms with Gasteiger partial charge in [-0.2, -0.15) is 0 Å². The van der Waals surface area contributed by atoms with E-state index in [1.165, 1.54) is 6.08 Å². The number of ketones is 1. The molecule has 0 saturated carbocycles. The van der Waals surface area contributed by atoms with Crippen molar-refractivity contribution in [2.45, 2.75) is 54.7 Å². The monoisotopic (exact) mass is 441 g/mol. The van der Waals surface area contributed by atoms with Gasteiger partial charge in [0.05, 0.1) is 5.71 Å². The first kappa shape index (κ1) is 22.9. The number of hydrogen-bond donors (Lipinski definition) is 1. The average molecular weight is 442 g/mol. The third-order valence-corrected chi connectivity index (χ3v) is 6.58. The topological polar surface area (TPSA) is 58.9 Å². The quantitative estimate of drug-likeness (QED) is 0.153. The zero-order valence-electron chi connectivity index (χ0n) is 16.0. The first-order valence-corrected chi connectivity index (χ1v) is 11.0. The molecule has 3 unspecified atom stereocenters. The van der Waals surface area contributed by atoms with Gasteiger partial charge in [0.25, 0.3) is 0 Å². The highest BCUT2D eigenvalue weighted by Crippen LogP contribution is 2.41. The molecule has 0 saturated heterocycles. The van der Waals surface area contributed by atoms with Crippen molar-refractivity contribution >= 4 is 46.5 Å². The summed E-state index contributed by atoms with van der Waals surface area (Å²) in [6, 6.07) is 8.03. The molecule has 28 heavy (non-hydrogen) atoms. The number of hydrogen-bond acceptors (Lipinski definition) is 5. The van der Waals surface area contributed by atoms with Gasteiger partial charge in [-0.1, -0.05) is 42.4 Å². The number of thioether (sulfide) groups is 1. The van der Waals surface area contributed by atoms with Crippen LogP contribution < -0.4 is 0 Å². The Morgan fingerprint density at radius 1 is 1.54 bits per heavy atom. The van der Waals surface area contributed by atoms with Crippen molar-refractivity contribution in [3.05, 3.63) is 53.8 Å². The molecule has 0 aromatic heterocycles. The molecule has 0 radical (unpaired) electrons. The molecule has 4 nitrogen and oxygen atoms in total. The van der Waals surface area contributed by atoms with E-state index in [0.29, 0.717) is 23.6 Å². The Kier molecular flexibility index (Phi) is 8.93. The zero-order valence-corrected chi connectivity index (χ0v) is 18.4. The maximum Gasteiger partial charge on any atom is 0.218 e. The van der Waals surface area contributed by atoms with Crippen molar-refractivity contribution < 1.29 is 14.7 Å². The second-order valence-electron chi connectivity index (χ2n) is 6.64. The summed E-state index contributed by atoms with van der Waals surface area (Å²) in [5, 5.41) is 14.8. The summed E-state index contributed by atoms with van der Waals surface area (Å²) in [4.78, 5) is 18.6. The largest absolute Gasteiger partial charge is 0.512 e. The van der Waals surface area contributed by atoms with Gasteiger partial charge in [0.1, 0.15) is 5.76 Å². The van der Waals surface area contributed by atoms with Gasteiger partial charge in [-0.15, -0.1) is 23.4 Å². The highest BCUT2D eigenvalue weighted by molar-refractivity contribution is 8.00. The lowest BCUT2D eigenvalue weighted by Crippen LogP contribution is -2.17. The minimum absolute atomic E-state index is 0.0447. The lowest BCUT2D eigenvalue weighted by molar-refractivity contribution is -0.115. The fourth-order valence-corrected chi connectivity index (χ4v) is 4.57. The van der Waals surface area contributed by atoms with Gasteiger partial charge >= 0.3 is 0 Å². The van der Waals surface area contributed by atoms with Crippen LogP contribution in [0.1, 0.15) is 38.7 Å². The summed E-state index contributed by atoms with van der Waals surface area (Å²) >= 11 is 13.4. The summed E-state index contributed by atoms with van der Waals surface area (Å²) < 4.78 is 0. The fraction of sp³-hybridized carbons (Fsp3) is 0.429. The van der Waals surface area contributed by atoms with Gasteiger partial charge in [-0.05, 0) is 37.1 Å². The molecule has 0 fully saturated rings. The molecule has 2 rings (SSSR count). The normalized spacial score (nSPS) is 19.6. The number of halogens is 2. The maximum absolute atomic E-state index is 12.5. The molecule has 1 aromatic carbocycles. The van der Waals surface area contributed by atoms with Crippen molar-refractivity contribution in [3.63, 3.8) is 0 Å². The molecular weight excluding hydrogens is 417 g/mol. The first-order chi connectivity index (χ1) is 13.4. The Hall–Kier alpha value is -1.43. The van der Waals surface area contributed by atoms with Crippen LogP contribution in [0.15, 0.2) is 58.3 Å². The van der Waals surface area contributed by atoms with Crippen LogP contribution >= 0.6 is 35.0 Å². The van der Waals surface area contributed by atoms with Gasteiger partial charge in [-0.3, -0.25) is 4.79 Å². The number of carbonyl (C=O) groups is 1. The van der Waals surface area contributed by atoms with Crippen LogP contribution in [0.4, 0.5) is 0 Å². The van der Waals surface area contributed by atoms with E-state index in [1.807, 2.05) is 18.2 Å². The van der Waals surface area contributed by atoms with Gasteiger partial charge in [-0.25, -0.2) is 0 Å². The number of nitrogens with zero attached hydrogens (tertiary/aromatic N) is 1. The van der Waals surface area contributed by atoms with E-state index in [2.05, 4.69) is 24.7 Å². The number of carbonyl (C=O) groups excluding carboxylic acids is 1. The van der Waals surface area contributed by atoms with E-state index in [4.69, 9.17) is 28.0 Å². The van der Waals surface area contributed by atoms with Crippen molar-refractivity contribution in [3.8, 4) is 0 Å². The minimum Gasteiger partial charge on any atom is -0.512 e. The molecule has 1 aliphatic rings. The van der Waals surface area contributed by atoms with Crippen LogP contribution in [-0.4, -0.2) is 27.4 Å². The highest BCUT2D eigenvalue weighted by atomic mass is 35.5. The van der Waals surface area contributed by atoms with E-state index in [0.717, 1.165) is 16.9 Å². The number of rotatable bonds is 10. The number of aliphatic hydroxyl groups excluding tert-OH is 1. The Balaban J connectivity index is 2.13. The van der Waals surface area contributed by atoms with E-state index in [9.17, 15) is 9.90 Å². The summed E-state index contributed by atoms with van der Waals surface area (Å²) in [5.41, 5.74) is 1.30. The van der Waals surface area contributed by atoms with Crippen LogP contribution in [0.2, 0.25) is 0 Å². The molecule has 1 aromatic rings. The molecule has 1 N–H and O–H groups in total. The van der Waals surface area contributed by atoms with Crippen LogP contribution in [0.5, 0.6) is 0 Å². The van der Waals surface area contributed by atoms with E-state index >= 15 is 0 Å². The molecule has 0 aliphatic heterocycles. The van der Waals surface area contributed by atoms with E-state index in [-0.39, 0.29) is 29.1 Å². The second kappa shape index (κ2) is 10.9. The molecule has 1 aliphatic carbocycles. The Morgan fingerprint density at radius 3 is 2.93 bits per heavy atom. The zero-order chi connectivity index (χ0) is 20.7. The summed E-state index contributed by atoms with van der Waals surface area (Å²) in [7, 11) is 0. The van der Waals surface area contributed by atoms with E-state index in [1.54, 1.807) is 18.7 Å². The summed E-state index contributed by atoms with van der Waals surface area (Å²) in [6.07, 6.45) is 2.79. The Bertz CT molecular complexity index is 779. The lowest BCUT2D eigenvalue weighted by atomic mass is 10.0. The minimum atomic E-state index is -0.728. The van der Waals surface area contributed by atoms with Gasteiger partial charge < -0.3 is 9.94 Å². The Labute approximate surface area is 180 Å². The van der Waals surface area contributed by atoms with Crippen molar-refractivity contribution in [2.24, 2.45) is 11.1 Å². The maximum atomic E-state index is 12.5. The fourth-order valence-electron chi connectivity index (χ4n) is 3.08. The summed E-state index contributed by atoms with van der Waals surface area (Å²) in [5.74, 6) is 0.369. The molecular formula is C21H25Cl2NO3S. The van der Waals surface area contributed by atoms with Crippen LogP contribution in [0.3, 0.4) is 0 Å². The Morgan fingerprint density at radius 2 is 2.29 bits per heavy atom. The molecule has 0 amide bonds. The van der Waals surface area contributed by atoms with E-state index < -0.39 is 5.56 Å². The van der Waals surface area contributed by atoms with Gasteiger partial charge in [0.15, 0.2) is 5.78 Å². The molecule has 3 atom stereocenters. The number of Topliss-reactive ketones (excluding diaryl/α,β-unsaturated/α-hetero) is 1. The van der Waals surface area contributed by atoms with Crippen molar-refractivity contribution in [1.29, 1.82) is 0 Å². The number of allylic oxidation sites excluding steroid dienone is 2. The second-order valence-corrected chi connectivity index (χ2v) is 8.65. The predicted octanol–water partition coefficient (Wildman–Crippen LogP) is 6.23. The van der Waals surface area contributed by atoms with Crippen LogP contribution in [-0.2, 0) is 15.5 Å². The molecule has 0 heterocycles. The molecule has 7 heteroatoms. The number of aliphatic hydroxyl groups is 1. The molecule has 0 bridgehead atoms. The third kappa shape index (κ3) is 6.03. The average Bonchev–Trinajstić information content (AvgIpc) is 2.98. The predicted molar refractivity (Wildman–Crippen MR) is 117 cm³/mol. The third-order valence-electron chi connectivity index (χ3n) is 4.52. The number of alkyl halides is 2. The SMILES string of the molecule is C=CC(Cl)O/N=C(/C)CC1=C(O)C(C(CC)Sc2cccc(CCl)c2)CC1=O. The van der Waals surface area contributed by atoms with Crippen LogP contribution in [0, 0.1) is 5.92 Å². The van der Waals surface area contributed by atoms with Crippen LogP contribution in [0.25, 0.3) is 0 Å². The highest BCUT2D eigenvalue weighted by Gasteiger charge is 2.37. The first-order valence-electron chi connectivity index (χ1n) is 9.12. The van der Waals surface area contributed by atoms with Crippen molar-refractivity contribution in [1.82, 2.24) is 0 Å². The number of oxime groups is 1. The summed E-state index contributed by atoms with van der Waals surface area (Å²) in [6.45, 7) is 7.31. The molecule has 0 spiro atoms. The lowest BCUT2D eigenvalue weighted by Gasteiger charge is -2.21.